The molecule has 0 bridgehead atoms. The molecule has 0 atom stereocenters. The second-order valence-corrected chi connectivity index (χ2v) is 5.36. The van der Waals surface area contributed by atoms with Gasteiger partial charge >= 0.3 is 0 Å². The van der Waals surface area contributed by atoms with E-state index in [4.69, 9.17) is 9.47 Å². The Morgan fingerprint density at radius 3 is 2.17 bits per heavy atom. The normalized spacial score (nSPS) is 12.1. The van der Waals surface area contributed by atoms with Crippen molar-refractivity contribution in [2.24, 2.45) is 0 Å². The molecule has 116 valence electrons. The van der Waals surface area contributed by atoms with Crippen molar-refractivity contribution in [3.8, 4) is 17.2 Å². The molecule has 0 N–H and O–H groups in total. The van der Waals surface area contributed by atoms with Gasteiger partial charge in [-0.25, -0.2) is 9.36 Å². The fourth-order valence-electron chi connectivity index (χ4n) is 3.08. The Balaban J connectivity index is 2.16. The van der Waals surface area contributed by atoms with Crippen molar-refractivity contribution < 1.29 is 9.47 Å². The van der Waals surface area contributed by atoms with Crippen LogP contribution in [0.3, 0.4) is 0 Å². The van der Waals surface area contributed by atoms with Gasteiger partial charge in [0.25, 0.3) is 11.1 Å². The monoisotopic (exact) mass is 310 g/mol. The summed E-state index contributed by atoms with van der Waals surface area (Å²) in [4.78, 5) is 25.7. The van der Waals surface area contributed by atoms with Gasteiger partial charge in [-0.1, -0.05) is 18.2 Å². The summed E-state index contributed by atoms with van der Waals surface area (Å²) < 4.78 is 13.4. The molecule has 0 unspecified atom stereocenters. The van der Waals surface area contributed by atoms with Crippen LogP contribution in [-0.4, -0.2) is 23.6 Å². The van der Waals surface area contributed by atoms with Crippen LogP contribution in [-0.2, 0) is 6.54 Å². The van der Waals surface area contributed by atoms with Crippen molar-refractivity contribution in [1.29, 1.82) is 0 Å². The number of fused-ring (bicyclic) bond motifs is 4. The minimum Gasteiger partial charge on any atom is -0.493 e. The maximum Gasteiger partial charge on any atom is 0.278 e. The first-order valence-corrected chi connectivity index (χ1v) is 7.16. The van der Waals surface area contributed by atoms with Crippen LogP contribution in [0.15, 0.2) is 46.0 Å². The summed E-state index contributed by atoms with van der Waals surface area (Å²) in [5, 5.41) is 0.650. The summed E-state index contributed by atoms with van der Waals surface area (Å²) in [6, 6.07) is 10.6. The third-order valence-electron chi connectivity index (χ3n) is 4.19. The second-order valence-electron chi connectivity index (χ2n) is 5.36. The van der Waals surface area contributed by atoms with E-state index in [1.807, 2.05) is 24.3 Å². The summed E-state index contributed by atoms with van der Waals surface area (Å²) in [5.41, 5.74) is 1.22. The highest BCUT2D eigenvalue weighted by atomic mass is 16.5. The topological polar surface area (TPSA) is 62.5 Å². The SMILES string of the molecule is COc1cc2c(=O)n3n(c(=O)c2cc1OC)-c1ccccc1C3. The highest BCUT2D eigenvalue weighted by Crippen LogP contribution is 2.30. The van der Waals surface area contributed by atoms with E-state index in [0.717, 1.165) is 11.3 Å². The summed E-state index contributed by atoms with van der Waals surface area (Å²) in [7, 11) is 2.99. The lowest BCUT2D eigenvalue weighted by Crippen LogP contribution is -2.34. The van der Waals surface area contributed by atoms with Crippen molar-refractivity contribution in [2.45, 2.75) is 6.54 Å². The number of aromatic nitrogens is 2. The van der Waals surface area contributed by atoms with Gasteiger partial charge in [0, 0.05) is 0 Å². The lowest BCUT2D eigenvalue weighted by Gasteiger charge is -2.12. The van der Waals surface area contributed by atoms with E-state index in [1.165, 1.54) is 23.6 Å². The van der Waals surface area contributed by atoms with E-state index in [9.17, 15) is 9.59 Å². The predicted molar refractivity (Wildman–Crippen MR) is 86.0 cm³/mol. The molecule has 3 aromatic rings. The molecule has 0 saturated carbocycles. The number of benzene rings is 2. The smallest absolute Gasteiger partial charge is 0.278 e. The minimum atomic E-state index is -0.245. The van der Waals surface area contributed by atoms with Crippen LogP contribution >= 0.6 is 0 Å². The molecular formula is C17H14N2O4. The number of methoxy groups -OCH3 is 2. The van der Waals surface area contributed by atoms with E-state index >= 15 is 0 Å². The van der Waals surface area contributed by atoms with Gasteiger partial charge in [0.05, 0.1) is 37.2 Å². The van der Waals surface area contributed by atoms with Crippen LogP contribution in [0.25, 0.3) is 16.5 Å². The van der Waals surface area contributed by atoms with Gasteiger partial charge in [0.2, 0.25) is 0 Å². The molecule has 0 fully saturated rings. The molecular weight excluding hydrogens is 296 g/mol. The van der Waals surface area contributed by atoms with Gasteiger partial charge < -0.3 is 9.47 Å². The molecule has 6 heteroatoms. The maximum atomic E-state index is 12.9. The van der Waals surface area contributed by atoms with Crippen molar-refractivity contribution in [1.82, 2.24) is 9.36 Å². The summed E-state index contributed by atoms with van der Waals surface area (Å²) >= 11 is 0. The standard InChI is InChI=1S/C17H14N2O4/c1-22-14-7-11-12(8-15(14)23-2)17(21)19-13-6-4-3-5-10(13)9-18(19)16(11)20/h3-8H,9H2,1-2H3. The first kappa shape index (κ1) is 13.6. The largest absolute Gasteiger partial charge is 0.493 e. The van der Waals surface area contributed by atoms with Crippen molar-refractivity contribution in [2.75, 3.05) is 14.2 Å². The molecule has 23 heavy (non-hydrogen) atoms. The van der Waals surface area contributed by atoms with E-state index in [1.54, 1.807) is 12.1 Å². The van der Waals surface area contributed by atoms with Gasteiger partial charge in [0.1, 0.15) is 0 Å². The van der Waals surface area contributed by atoms with Crippen LogP contribution in [0.5, 0.6) is 11.5 Å². The van der Waals surface area contributed by atoms with E-state index in [2.05, 4.69) is 0 Å². The first-order valence-electron chi connectivity index (χ1n) is 7.16. The van der Waals surface area contributed by atoms with E-state index in [-0.39, 0.29) is 11.1 Å². The summed E-state index contributed by atoms with van der Waals surface area (Å²) in [5.74, 6) is 0.853. The van der Waals surface area contributed by atoms with Gasteiger partial charge in [-0.05, 0) is 23.8 Å². The van der Waals surface area contributed by atoms with Crippen LogP contribution in [0, 0.1) is 0 Å². The number of nitrogens with zero attached hydrogens (tertiary/aromatic N) is 2. The van der Waals surface area contributed by atoms with Crippen LogP contribution in [0.2, 0.25) is 0 Å². The zero-order chi connectivity index (χ0) is 16.1. The van der Waals surface area contributed by atoms with Gasteiger partial charge in [-0.15, -0.1) is 0 Å². The average Bonchev–Trinajstić information content (AvgIpc) is 2.98. The van der Waals surface area contributed by atoms with Gasteiger partial charge in [-0.3, -0.25) is 9.59 Å². The summed E-state index contributed by atoms with van der Waals surface area (Å²) in [6.45, 7) is 0.383. The highest BCUT2D eigenvalue weighted by molar-refractivity contribution is 5.85. The van der Waals surface area contributed by atoms with Crippen molar-refractivity contribution >= 4 is 10.8 Å². The predicted octanol–water partition coefficient (Wildman–Crippen LogP) is 1.53. The van der Waals surface area contributed by atoms with Crippen LogP contribution < -0.4 is 20.6 Å². The molecule has 0 radical (unpaired) electrons. The Morgan fingerprint density at radius 1 is 0.913 bits per heavy atom. The molecule has 6 nitrogen and oxygen atoms in total. The van der Waals surface area contributed by atoms with Gasteiger partial charge in [-0.2, -0.15) is 0 Å². The molecule has 2 aromatic carbocycles. The third kappa shape index (κ3) is 1.75. The Bertz CT molecular complexity index is 1060. The molecule has 0 saturated heterocycles. The average molecular weight is 310 g/mol. The Morgan fingerprint density at radius 2 is 1.52 bits per heavy atom. The van der Waals surface area contributed by atoms with Gasteiger partial charge in [0.15, 0.2) is 11.5 Å². The molecule has 2 heterocycles. The lowest BCUT2D eigenvalue weighted by molar-refractivity contribution is 0.355. The van der Waals surface area contributed by atoms with Crippen LogP contribution in [0.4, 0.5) is 0 Å². The molecule has 4 rings (SSSR count). The zero-order valence-corrected chi connectivity index (χ0v) is 12.7. The number of hydrogen-bond acceptors (Lipinski definition) is 4. The fraction of sp³-hybridized carbons (Fsp3) is 0.176. The molecule has 0 amide bonds. The zero-order valence-electron chi connectivity index (χ0n) is 12.7. The fourth-order valence-corrected chi connectivity index (χ4v) is 3.08. The van der Waals surface area contributed by atoms with Crippen molar-refractivity contribution in [3.05, 3.63) is 62.7 Å². The van der Waals surface area contributed by atoms with Crippen LogP contribution in [0.1, 0.15) is 5.56 Å². The molecule has 1 aliphatic rings. The third-order valence-corrected chi connectivity index (χ3v) is 4.19. The second kappa shape index (κ2) is 4.74. The highest BCUT2D eigenvalue weighted by Gasteiger charge is 2.23. The Hall–Kier alpha value is -3.02. The number of ether oxygens (including phenoxy) is 2. The minimum absolute atomic E-state index is 0.225. The quantitative estimate of drug-likeness (QED) is 0.563. The Kier molecular flexibility index (Phi) is 2.81. The molecule has 1 aliphatic heterocycles. The maximum absolute atomic E-state index is 12.9. The molecule has 0 spiro atoms. The number of rotatable bonds is 2. The number of para-hydroxylation sites is 1. The molecule has 1 aromatic heterocycles. The first-order chi connectivity index (χ1) is 11.2. The lowest BCUT2D eigenvalue weighted by atomic mass is 10.1. The van der Waals surface area contributed by atoms with E-state index < -0.39 is 0 Å². The van der Waals surface area contributed by atoms with Crippen molar-refractivity contribution in [3.63, 3.8) is 0 Å². The Labute approximate surface area is 131 Å². The van der Waals surface area contributed by atoms with E-state index in [0.29, 0.717) is 28.8 Å². The molecule has 0 aliphatic carbocycles. The summed E-state index contributed by atoms with van der Waals surface area (Å²) in [6.07, 6.45) is 0. The number of hydrogen-bond donors (Lipinski definition) is 0.